The molecule has 0 unspecified atom stereocenters. The molecule has 6 heteroatoms. The zero-order chi connectivity index (χ0) is 18.4. The summed E-state index contributed by atoms with van der Waals surface area (Å²) in [6.45, 7) is 15.5. The average Bonchev–Trinajstić information content (AvgIpc) is 2.77. The fourth-order valence-corrected chi connectivity index (χ4v) is 2.99. The minimum absolute atomic E-state index is 0.196. The van der Waals surface area contributed by atoms with E-state index in [2.05, 4.69) is 42.9 Å². The highest BCUT2D eigenvalue weighted by atomic mass is 16.5. The van der Waals surface area contributed by atoms with Crippen LogP contribution in [0.4, 0.5) is 0 Å². The highest BCUT2D eigenvalue weighted by Crippen LogP contribution is 2.19. The number of aromatic amines is 1. The van der Waals surface area contributed by atoms with Gasteiger partial charge in [-0.1, -0.05) is 0 Å². The Bertz CT molecular complexity index is 568. The summed E-state index contributed by atoms with van der Waals surface area (Å²) in [6, 6.07) is 0.846. The molecule has 1 rings (SSSR count). The standard InChI is InChI=1S/C18H31N3O3/c1-8-24-18(23)15-13(6)16(20-14(15)7)17(22)19-9-10-21(11(2)3)12(4)5/h11-12,20H,8-10H2,1-7H3,(H,19,22). The highest BCUT2D eigenvalue weighted by Gasteiger charge is 2.23. The molecule has 0 radical (unpaired) electrons. The van der Waals surface area contributed by atoms with Crippen molar-refractivity contribution in [2.75, 3.05) is 19.7 Å². The number of hydrogen-bond acceptors (Lipinski definition) is 4. The van der Waals surface area contributed by atoms with E-state index in [9.17, 15) is 9.59 Å². The number of carbonyl (C=O) groups excluding carboxylic acids is 2. The second-order valence-corrected chi connectivity index (χ2v) is 6.53. The molecule has 24 heavy (non-hydrogen) atoms. The second-order valence-electron chi connectivity index (χ2n) is 6.53. The van der Waals surface area contributed by atoms with Gasteiger partial charge in [0.05, 0.1) is 12.2 Å². The van der Waals surface area contributed by atoms with E-state index >= 15 is 0 Å². The molecule has 6 nitrogen and oxygen atoms in total. The summed E-state index contributed by atoms with van der Waals surface area (Å²) in [6.07, 6.45) is 0. The van der Waals surface area contributed by atoms with Crippen LogP contribution in [0.25, 0.3) is 0 Å². The summed E-state index contributed by atoms with van der Waals surface area (Å²) < 4.78 is 5.05. The minimum atomic E-state index is -0.395. The van der Waals surface area contributed by atoms with Crippen molar-refractivity contribution >= 4 is 11.9 Å². The van der Waals surface area contributed by atoms with Gasteiger partial charge in [-0.3, -0.25) is 9.69 Å². The zero-order valence-electron chi connectivity index (χ0n) is 15.9. The van der Waals surface area contributed by atoms with Gasteiger partial charge in [0.25, 0.3) is 5.91 Å². The normalized spacial score (nSPS) is 11.4. The molecule has 1 aromatic heterocycles. The molecule has 136 valence electrons. The first-order chi connectivity index (χ1) is 11.2. The molecule has 0 aliphatic carbocycles. The topological polar surface area (TPSA) is 74.4 Å². The zero-order valence-corrected chi connectivity index (χ0v) is 15.9. The van der Waals surface area contributed by atoms with Gasteiger partial charge in [0, 0.05) is 30.9 Å². The van der Waals surface area contributed by atoms with Crippen molar-refractivity contribution in [3.63, 3.8) is 0 Å². The number of hydrogen-bond donors (Lipinski definition) is 2. The van der Waals surface area contributed by atoms with E-state index in [1.54, 1.807) is 20.8 Å². The molecule has 1 amide bonds. The van der Waals surface area contributed by atoms with E-state index in [-0.39, 0.29) is 5.91 Å². The van der Waals surface area contributed by atoms with E-state index in [1.807, 2.05) is 0 Å². The molecule has 0 spiro atoms. The maximum Gasteiger partial charge on any atom is 0.340 e. The first-order valence-corrected chi connectivity index (χ1v) is 8.60. The maximum absolute atomic E-state index is 12.4. The third kappa shape index (κ3) is 4.84. The number of amides is 1. The largest absolute Gasteiger partial charge is 0.462 e. The van der Waals surface area contributed by atoms with Crippen LogP contribution in [0.1, 0.15) is 66.7 Å². The predicted octanol–water partition coefficient (Wildman–Crippen LogP) is 2.66. The van der Waals surface area contributed by atoms with Gasteiger partial charge < -0.3 is 15.0 Å². The van der Waals surface area contributed by atoms with E-state index in [0.29, 0.717) is 47.8 Å². The molecule has 1 heterocycles. The number of esters is 1. The maximum atomic E-state index is 12.4. The first-order valence-electron chi connectivity index (χ1n) is 8.60. The van der Waals surface area contributed by atoms with Gasteiger partial charge in [-0.05, 0) is 54.0 Å². The van der Waals surface area contributed by atoms with E-state index in [0.717, 1.165) is 6.54 Å². The van der Waals surface area contributed by atoms with Crippen LogP contribution in [-0.2, 0) is 4.74 Å². The van der Waals surface area contributed by atoms with Crippen molar-refractivity contribution in [3.8, 4) is 0 Å². The number of ether oxygens (including phenoxy) is 1. The van der Waals surface area contributed by atoms with Gasteiger partial charge in [0.15, 0.2) is 0 Å². The van der Waals surface area contributed by atoms with Crippen molar-refractivity contribution in [2.45, 2.75) is 60.5 Å². The van der Waals surface area contributed by atoms with Gasteiger partial charge in [-0.25, -0.2) is 4.79 Å². The van der Waals surface area contributed by atoms with E-state index < -0.39 is 5.97 Å². The molecule has 0 aromatic carbocycles. The Morgan fingerprint density at radius 2 is 1.75 bits per heavy atom. The smallest absolute Gasteiger partial charge is 0.340 e. The molecule has 0 atom stereocenters. The SMILES string of the molecule is CCOC(=O)c1c(C)[nH]c(C(=O)NCCN(C(C)C)C(C)C)c1C. The van der Waals surface area contributed by atoms with Crippen LogP contribution >= 0.6 is 0 Å². The number of aromatic nitrogens is 1. The van der Waals surface area contributed by atoms with Crippen LogP contribution in [0.15, 0.2) is 0 Å². The van der Waals surface area contributed by atoms with Crippen molar-refractivity contribution in [1.29, 1.82) is 0 Å². The second kappa shape index (κ2) is 8.87. The molecule has 1 aromatic rings. The van der Waals surface area contributed by atoms with E-state index in [1.165, 1.54) is 0 Å². The summed E-state index contributed by atoms with van der Waals surface area (Å²) >= 11 is 0. The fourth-order valence-electron chi connectivity index (χ4n) is 2.99. The van der Waals surface area contributed by atoms with Crippen molar-refractivity contribution in [1.82, 2.24) is 15.2 Å². The fraction of sp³-hybridized carbons (Fsp3) is 0.667. The molecule has 0 saturated carbocycles. The van der Waals surface area contributed by atoms with Crippen LogP contribution in [0.5, 0.6) is 0 Å². The molecule has 0 aliphatic rings. The van der Waals surface area contributed by atoms with Crippen LogP contribution in [-0.4, -0.2) is 53.5 Å². The number of H-pyrrole nitrogens is 1. The lowest BCUT2D eigenvalue weighted by molar-refractivity contribution is 0.0525. The summed E-state index contributed by atoms with van der Waals surface area (Å²) in [5, 5.41) is 2.93. The van der Waals surface area contributed by atoms with Crippen LogP contribution < -0.4 is 5.32 Å². The first kappa shape index (κ1) is 20.2. The number of aryl methyl sites for hydroxylation is 1. The molecular weight excluding hydrogens is 306 g/mol. The third-order valence-electron chi connectivity index (χ3n) is 4.13. The Morgan fingerprint density at radius 3 is 2.25 bits per heavy atom. The third-order valence-corrected chi connectivity index (χ3v) is 4.13. The van der Waals surface area contributed by atoms with Crippen LogP contribution in [0.2, 0.25) is 0 Å². The van der Waals surface area contributed by atoms with Crippen LogP contribution in [0.3, 0.4) is 0 Å². The Labute approximate surface area is 144 Å². The van der Waals surface area contributed by atoms with Crippen molar-refractivity contribution < 1.29 is 14.3 Å². The molecule has 2 N–H and O–H groups in total. The number of rotatable bonds is 8. The molecule has 0 saturated heterocycles. The lowest BCUT2D eigenvalue weighted by Gasteiger charge is -2.30. The predicted molar refractivity (Wildman–Crippen MR) is 95.5 cm³/mol. The number of nitrogens with one attached hydrogen (secondary N) is 2. The average molecular weight is 337 g/mol. The van der Waals surface area contributed by atoms with Gasteiger partial charge in [0.2, 0.25) is 0 Å². The lowest BCUT2D eigenvalue weighted by Crippen LogP contribution is -2.42. The Hall–Kier alpha value is -1.82. The van der Waals surface area contributed by atoms with Crippen molar-refractivity contribution in [2.24, 2.45) is 0 Å². The minimum Gasteiger partial charge on any atom is -0.462 e. The molecule has 0 fully saturated rings. The Morgan fingerprint density at radius 1 is 1.17 bits per heavy atom. The number of carbonyl (C=O) groups is 2. The summed E-state index contributed by atoms with van der Waals surface area (Å²) in [7, 11) is 0. The molecular formula is C18H31N3O3. The summed E-state index contributed by atoms with van der Waals surface area (Å²) in [4.78, 5) is 29.7. The highest BCUT2D eigenvalue weighted by molar-refractivity contribution is 6.00. The molecule has 0 bridgehead atoms. The Kier molecular flexibility index (Phi) is 7.48. The van der Waals surface area contributed by atoms with E-state index in [4.69, 9.17) is 4.74 Å². The van der Waals surface area contributed by atoms with Gasteiger partial charge in [-0.15, -0.1) is 0 Å². The van der Waals surface area contributed by atoms with Gasteiger partial charge >= 0.3 is 5.97 Å². The van der Waals surface area contributed by atoms with Gasteiger partial charge in [-0.2, -0.15) is 0 Å². The Balaban J connectivity index is 2.76. The lowest BCUT2D eigenvalue weighted by atomic mass is 10.1. The summed E-state index contributed by atoms with van der Waals surface area (Å²) in [5.41, 5.74) is 2.17. The van der Waals surface area contributed by atoms with Crippen molar-refractivity contribution in [3.05, 3.63) is 22.5 Å². The summed E-state index contributed by atoms with van der Waals surface area (Å²) in [5.74, 6) is -0.591. The molecule has 0 aliphatic heterocycles. The monoisotopic (exact) mass is 337 g/mol. The van der Waals surface area contributed by atoms with Gasteiger partial charge in [0.1, 0.15) is 5.69 Å². The van der Waals surface area contributed by atoms with Crippen LogP contribution in [0, 0.1) is 13.8 Å². The quantitative estimate of drug-likeness (QED) is 0.715. The number of nitrogens with zero attached hydrogens (tertiary/aromatic N) is 1.